The van der Waals surface area contributed by atoms with E-state index < -0.39 is 0 Å². The third kappa shape index (κ3) is 3.92. The van der Waals surface area contributed by atoms with Crippen molar-refractivity contribution in [2.24, 2.45) is 5.92 Å². The lowest BCUT2D eigenvalue weighted by molar-refractivity contribution is 0.355. The van der Waals surface area contributed by atoms with Crippen molar-refractivity contribution in [1.82, 2.24) is 10.1 Å². The second-order valence-corrected chi connectivity index (χ2v) is 5.45. The molecule has 0 aliphatic rings. The van der Waals surface area contributed by atoms with Gasteiger partial charge in [-0.15, -0.1) is 0 Å². The summed E-state index contributed by atoms with van der Waals surface area (Å²) >= 11 is 0. The fraction of sp³-hybridized carbons (Fsp3) is 0.438. The van der Waals surface area contributed by atoms with Crippen LogP contribution in [0.25, 0.3) is 0 Å². The van der Waals surface area contributed by atoms with Gasteiger partial charge in [-0.3, -0.25) is 0 Å². The van der Waals surface area contributed by atoms with Gasteiger partial charge in [0.15, 0.2) is 5.82 Å². The molecule has 1 heterocycles. The zero-order chi connectivity index (χ0) is 14.5. The van der Waals surface area contributed by atoms with Crippen LogP contribution in [0.15, 0.2) is 22.7 Å². The quantitative estimate of drug-likeness (QED) is 0.834. The summed E-state index contributed by atoms with van der Waals surface area (Å²) in [6.07, 6.45) is 1.85. The average Bonchev–Trinajstić information content (AvgIpc) is 2.75. The molecule has 2 rings (SSSR count). The number of hydrogen-bond acceptors (Lipinski definition) is 4. The highest BCUT2D eigenvalue weighted by Gasteiger charge is 2.11. The summed E-state index contributed by atoms with van der Waals surface area (Å²) in [5.74, 6) is 1.57. The Morgan fingerprint density at radius 1 is 1.25 bits per heavy atom. The normalized spacial score (nSPS) is 12.1. The third-order valence-electron chi connectivity index (χ3n) is 3.12. The molecule has 4 heteroatoms. The van der Waals surface area contributed by atoms with Crippen LogP contribution in [0.3, 0.4) is 0 Å². The first kappa shape index (κ1) is 14.3. The number of aromatic nitrogens is 2. The van der Waals surface area contributed by atoms with E-state index in [9.17, 15) is 0 Å². The van der Waals surface area contributed by atoms with Crippen molar-refractivity contribution >= 4 is 0 Å². The minimum atomic E-state index is 0.245. The highest BCUT2D eigenvalue weighted by Crippen LogP contribution is 2.14. The number of benzene rings is 1. The zero-order valence-electron chi connectivity index (χ0n) is 12.2. The van der Waals surface area contributed by atoms with Crippen LogP contribution in [0.5, 0.6) is 0 Å². The molecule has 4 nitrogen and oxygen atoms in total. The van der Waals surface area contributed by atoms with Crippen LogP contribution in [-0.4, -0.2) is 10.1 Å². The molecule has 0 aliphatic heterocycles. The van der Waals surface area contributed by atoms with Gasteiger partial charge in [0.1, 0.15) is 0 Å². The number of nitriles is 1. The Bertz CT molecular complexity index is 605. The first-order valence-electron chi connectivity index (χ1n) is 6.82. The predicted molar refractivity (Wildman–Crippen MR) is 76.1 cm³/mol. The van der Waals surface area contributed by atoms with E-state index in [0.717, 1.165) is 0 Å². The Balaban J connectivity index is 2.04. The molecule has 0 saturated heterocycles. The number of nitrogens with zero attached hydrogens (tertiary/aromatic N) is 3. The Morgan fingerprint density at radius 3 is 2.60 bits per heavy atom. The molecule has 0 fully saturated rings. The van der Waals surface area contributed by atoms with Crippen molar-refractivity contribution in [3.05, 3.63) is 46.6 Å². The van der Waals surface area contributed by atoms with E-state index in [2.05, 4.69) is 48.3 Å². The molecule has 0 amide bonds. The lowest BCUT2D eigenvalue weighted by atomic mass is 10.0. The molecule has 2 aromatic rings. The molecular formula is C16H19N3O. The maximum absolute atomic E-state index is 8.65. The molecule has 1 aromatic carbocycles. The van der Waals surface area contributed by atoms with Gasteiger partial charge in [0.25, 0.3) is 0 Å². The Kier molecular flexibility index (Phi) is 4.52. The van der Waals surface area contributed by atoms with Crippen LogP contribution in [0.1, 0.15) is 41.8 Å². The highest BCUT2D eigenvalue weighted by atomic mass is 16.5. The second kappa shape index (κ2) is 6.33. The van der Waals surface area contributed by atoms with Gasteiger partial charge < -0.3 is 4.52 Å². The molecular weight excluding hydrogens is 250 g/mol. The van der Waals surface area contributed by atoms with E-state index in [1.54, 1.807) is 0 Å². The number of hydrogen-bond donors (Lipinski definition) is 0. The van der Waals surface area contributed by atoms with Crippen LogP contribution < -0.4 is 0 Å². The monoisotopic (exact) mass is 269 g/mol. The van der Waals surface area contributed by atoms with Crippen molar-refractivity contribution in [2.45, 2.75) is 40.0 Å². The first-order chi connectivity index (χ1) is 9.56. The molecule has 0 spiro atoms. The lowest BCUT2D eigenvalue weighted by Gasteiger charge is -2.02. The van der Waals surface area contributed by atoms with E-state index in [4.69, 9.17) is 9.78 Å². The van der Waals surface area contributed by atoms with Crippen molar-refractivity contribution in [2.75, 3.05) is 0 Å². The summed E-state index contributed by atoms with van der Waals surface area (Å²) < 4.78 is 5.24. The van der Waals surface area contributed by atoms with Gasteiger partial charge >= 0.3 is 0 Å². The summed E-state index contributed by atoms with van der Waals surface area (Å²) in [6, 6.07) is 8.58. The minimum Gasteiger partial charge on any atom is -0.339 e. The fourth-order valence-electron chi connectivity index (χ4n) is 2.32. The van der Waals surface area contributed by atoms with Crippen LogP contribution >= 0.6 is 0 Å². The molecule has 0 bridgehead atoms. The summed E-state index contributed by atoms with van der Waals surface area (Å²) in [5, 5.41) is 12.7. The molecule has 104 valence electrons. The predicted octanol–water partition coefficient (Wildman–Crippen LogP) is 3.37. The standard InChI is InChI=1S/C16H19N3O/c1-11(4-5-17)9-16-18-15(19-20-16)10-14-7-12(2)6-13(3)8-14/h6-8,11H,4,9-10H2,1-3H3. The van der Waals surface area contributed by atoms with Crippen LogP contribution in [0.4, 0.5) is 0 Å². The first-order valence-corrected chi connectivity index (χ1v) is 6.82. The van der Waals surface area contributed by atoms with Crippen LogP contribution in [0.2, 0.25) is 0 Å². The van der Waals surface area contributed by atoms with Gasteiger partial charge in [-0.2, -0.15) is 10.2 Å². The zero-order valence-corrected chi connectivity index (χ0v) is 12.2. The minimum absolute atomic E-state index is 0.245. The summed E-state index contributed by atoms with van der Waals surface area (Å²) in [4.78, 5) is 4.40. The van der Waals surface area contributed by atoms with Crippen LogP contribution in [0, 0.1) is 31.1 Å². The van der Waals surface area contributed by atoms with Crippen LogP contribution in [-0.2, 0) is 12.8 Å². The summed E-state index contributed by atoms with van der Waals surface area (Å²) in [5.41, 5.74) is 3.68. The van der Waals surface area contributed by atoms with Gasteiger partial charge in [-0.25, -0.2) is 0 Å². The Labute approximate surface area is 119 Å². The van der Waals surface area contributed by atoms with E-state index in [-0.39, 0.29) is 5.92 Å². The molecule has 0 N–H and O–H groups in total. The average molecular weight is 269 g/mol. The summed E-state index contributed by atoms with van der Waals surface area (Å²) in [7, 11) is 0. The second-order valence-electron chi connectivity index (χ2n) is 5.45. The van der Waals surface area contributed by atoms with E-state index in [0.29, 0.717) is 31.0 Å². The molecule has 1 atom stereocenters. The third-order valence-corrected chi connectivity index (χ3v) is 3.12. The van der Waals surface area contributed by atoms with Gasteiger partial charge in [-0.1, -0.05) is 41.4 Å². The van der Waals surface area contributed by atoms with E-state index >= 15 is 0 Å². The van der Waals surface area contributed by atoms with Gasteiger partial charge in [-0.05, 0) is 25.3 Å². The van der Waals surface area contributed by atoms with E-state index in [1.807, 2.05) is 6.92 Å². The lowest BCUT2D eigenvalue weighted by Crippen LogP contribution is -1.99. The van der Waals surface area contributed by atoms with Crippen molar-refractivity contribution in [3.63, 3.8) is 0 Å². The molecule has 1 aromatic heterocycles. The molecule has 20 heavy (non-hydrogen) atoms. The largest absolute Gasteiger partial charge is 0.339 e. The van der Waals surface area contributed by atoms with Gasteiger partial charge in [0, 0.05) is 19.3 Å². The highest BCUT2D eigenvalue weighted by molar-refractivity contribution is 5.30. The number of rotatable bonds is 5. The van der Waals surface area contributed by atoms with E-state index in [1.165, 1.54) is 16.7 Å². The maximum atomic E-state index is 8.65. The van der Waals surface area contributed by atoms with Crippen molar-refractivity contribution in [1.29, 1.82) is 5.26 Å². The number of aryl methyl sites for hydroxylation is 2. The molecule has 0 saturated carbocycles. The van der Waals surface area contributed by atoms with Gasteiger partial charge in [0.05, 0.1) is 6.07 Å². The molecule has 1 unspecified atom stereocenters. The Morgan fingerprint density at radius 2 is 1.95 bits per heavy atom. The smallest absolute Gasteiger partial charge is 0.226 e. The fourth-order valence-corrected chi connectivity index (χ4v) is 2.32. The molecule has 0 radical (unpaired) electrons. The van der Waals surface area contributed by atoms with Gasteiger partial charge in [0.2, 0.25) is 5.89 Å². The Hall–Kier alpha value is -2.15. The topological polar surface area (TPSA) is 62.7 Å². The van der Waals surface area contributed by atoms with Crippen molar-refractivity contribution < 1.29 is 4.52 Å². The SMILES string of the molecule is Cc1cc(C)cc(Cc2noc(CC(C)CC#N)n2)c1. The maximum Gasteiger partial charge on any atom is 0.226 e. The molecule has 0 aliphatic carbocycles. The van der Waals surface area contributed by atoms with Crippen molar-refractivity contribution in [3.8, 4) is 6.07 Å². The summed E-state index contributed by atoms with van der Waals surface area (Å²) in [6.45, 7) is 6.18.